The van der Waals surface area contributed by atoms with E-state index >= 15 is 0 Å². The van der Waals surface area contributed by atoms with Crippen LogP contribution in [0.25, 0.3) is 0 Å². The summed E-state index contributed by atoms with van der Waals surface area (Å²) in [7, 11) is 4.95. The van der Waals surface area contributed by atoms with Gasteiger partial charge in [-0.05, 0) is 16.7 Å². The Kier molecular flexibility index (Phi) is 5.71. The maximum atomic E-state index is 12.5. The summed E-state index contributed by atoms with van der Waals surface area (Å²) in [4.78, 5) is 14.2. The van der Waals surface area contributed by atoms with Crippen LogP contribution >= 0.6 is 0 Å². The first-order chi connectivity index (χ1) is 12.6. The number of nitrogens with zero attached hydrogens (tertiary/aromatic N) is 1. The third-order valence-corrected chi connectivity index (χ3v) is 5.16. The fraction of sp³-hybridized carbons (Fsp3) is 0.381. The maximum absolute atomic E-state index is 12.5. The van der Waals surface area contributed by atoms with E-state index in [4.69, 9.17) is 9.47 Å². The van der Waals surface area contributed by atoms with E-state index in [1.807, 2.05) is 54.6 Å². The fourth-order valence-electron chi connectivity index (χ4n) is 3.70. The van der Waals surface area contributed by atoms with Gasteiger partial charge < -0.3 is 19.5 Å². The van der Waals surface area contributed by atoms with Gasteiger partial charge in [-0.15, -0.1) is 0 Å². The van der Waals surface area contributed by atoms with Crippen molar-refractivity contribution in [3.8, 4) is 0 Å². The number of methoxy groups -OCH3 is 2. The molecule has 0 aromatic heterocycles. The number of likely N-dealkylation sites (tertiary alicyclic amines) is 1. The molecule has 1 heterocycles. The predicted octanol–water partition coefficient (Wildman–Crippen LogP) is 2.71. The van der Waals surface area contributed by atoms with Crippen LogP contribution in [0.15, 0.2) is 54.6 Å². The average Bonchev–Trinajstić information content (AvgIpc) is 2.69. The minimum atomic E-state index is -0.880. The molecule has 1 saturated heterocycles. The Bertz CT molecular complexity index is 745. The van der Waals surface area contributed by atoms with E-state index in [-0.39, 0.29) is 11.9 Å². The molecule has 1 aliphatic heterocycles. The van der Waals surface area contributed by atoms with Crippen LogP contribution in [0.4, 0.5) is 0 Å². The second kappa shape index (κ2) is 7.99. The molecule has 0 unspecified atom stereocenters. The van der Waals surface area contributed by atoms with Crippen LogP contribution < -0.4 is 0 Å². The van der Waals surface area contributed by atoms with Gasteiger partial charge >= 0.3 is 0 Å². The molecule has 0 saturated carbocycles. The van der Waals surface area contributed by atoms with E-state index in [1.54, 1.807) is 26.2 Å². The lowest BCUT2D eigenvalue weighted by Crippen LogP contribution is -2.55. The van der Waals surface area contributed by atoms with Crippen molar-refractivity contribution in [2.45, 2.75) is 24.9 Å². The molecule has 2 aromatic carbocycles. The monoisotopic (exact) mass is 355 g/mol. The van der Waals surface area contributed by atoms with Gasteiger partial charge in [0.15, 0.2) is 6.29 Å². The topological polar surface area (TPSA) is 59.0 Å². The van der Waals surface area contributed by atoms with Crippen LogP contribution in [0, 0.1) is 5.92 Å². The predicted molar refractivity (Wildman–Crippen MR) is 98.4 cm³/mol. The quantitative estimate of drug-likeness (QED) is 0.613. The standard InChI is InChI=1S/C21H25NO4/c1-22-19(14-9-5-4-6-10-14)18(21(22)24)20(23)16-12-8-7-11-15(16)13-17(25-2)26-3/h4-12,17-20,23H,13H2,1-3H3/t18-,19+,20-/m1/s1. The van der Waals surface area contributed by atoms with Crippen molar-refractivity contribution < 1.29 is 19.4 Å². The van der Waals surface area contributed by atoms with Crippen LogP contribution in [0.5, 0.6) is 0 Å². The number of ether oxygens (including phenoxy) is 2. The zero-order valence-corrected chi connectivity index (χ0v) is 15.3. The third kappa shape index (κ3) is 3.38. The fourth-order valence-corrected chi connectivity index (χ4v) is 3.70. The molecule has 1 N–H and O–H groups in total. The summed E-state index contributed by atoms with van der Waals surface area (Å²) >= 11 is 0. The van der Waals surface area contributed by atoms with Crippen molar-refractivity contribution >= 4 is 5.91 Å². The Balaban J connectivity index is 1.89. The molecular formula is C21H25NO4. The van der Waals surface area contributed by atoms with Crippen LogP contribution in [0.3, 0.4) is 0 Å². The van der Waals surface area contributed by atoms with Crippen LogP contribution in [0.1, 0.15) is 28.8 Å². The van der Waals surface area contributed by atoms with Gasteiger partial charge in [0.1, 0.15) is 0 Å². The van der Waals surface area contributed by atoms with Gasteiger partial charge in [-0.25, -0.2) is 0 Å². The Labute approximate surface area is 154 Å². The van der Waals surface area contributed by atoms with Gasteiger partial charge in [0.05, 0.1) is 18.1 Å². The SMILES string of the molecule is COC(Cc1ccccc1[C@@H](O)[C@@H]1C(=O)N(C)[C@H]1c1ccccc1)OC. The highest BCUT2D eigenvalue weighted by atomic mass is 16.7. The summed E-state index contributed by atoms with van der Waals surface area (Å²) in [5.74, 6) is -0.539. The Morgan fingerprint density at radius 2 is 1.65 bits per heavy atom. The maximum Gasteiger partial charge on any atom is 0.231 e. The van der Waals surface area contributed by atoms with E-state index < -0.39 is 18.3 Å². The first-order valence-electron chi connectivity index (χ1n) is 8.71. The second-order valence-electron chi connectivity index (χ2n) is 6.58. The summed E-state index contributed by atoms with van der Waals surface area (Å²) in [6, 6.07) is 17.3. The van der Waals surface area contributed by atoms with Gasteiger partial charge in [-0.1, -0.05) is 54.6 Å². The molecule has 0 aliphatic carbocycles. The van der Waals surface area contributed by atoms with Gasteiger partial charge in [0, 0.05) is 27.7 Å². The Hall–Kier alpha value is -2.21. The number of hydrogen-bond donors (Lipinski definition) is 1. The third-order valence-electron chi connectivity index (χ3n) is 5.16. The van der Waals surface area contributed by atoms with E-state index in [2.05, 4.69) is 0 Å². The number of β-lactam (4-membered cyclic amide) rings is 1. The number of amides is 1. The number of carbonyl (C=O) groups excluding carboxylic acids is 1. The highest BCUT2D eigenvalue weighted by molar-refractivity contribution is 5.87. The Morgan fingerprint density at radius 3 is 2.31 bits per heavy atom. The summed E-state index contributed by atoms with van der Waals surface area (Å²) in [6.45, 7) is 0. The molecule has 138 valence electrons. The number of benzene rings is 2. The molecule has 26 heavy (non-hydrogen) atoms. The highest BCUT2D eigenvalue weighted by Crippen LogP contribution is 2.46. The number of carbonyl (C=O) groups is 1. The summed E-state index contributed by atoms with van der Waals surface area (Å²) < 4.78 is 10.6. The van der Waals surface area contributed by atoms with Gasteiger partial charge in [-0.2, -0.15) is 0 Å². The molecule has 1 fully saturated rings. The minimum Gasteiger partial charge on any atom is -0.387 e. The lowest BCUT2D eigenvalue weighted by molar-refractivity contribution is -0.163. The number of aliphatic hydroxyl groups is 1. The van der Waals surface area contributed by atoms with Crippen molar-refractivity contribution in [3.05, 3.63) is 71.3 Å². The van der Waals surface area contributed by atoms with Crippen molar-refractivity contribution in [1.29, 1.82) is 0 Å². The Morgan fingerprint density at radius 1 is 1.04 bits per heavy atom. The van der Waals surface area contributed by atoms with Crippen molar-refractivity contribution in [2.24, 2.45) is 5.92 Å². The molecule has 0 radical (unpaired) electrons. The zero-order chi connectivity index (χ0) is 18.7. The lowest BCUT2D eigenvalue weighted by Gasteiger charge is -2.47. The summed E-state index contributed by atoms with van der Waals surface area (Å²) in [5, 5.41) is 11.1. The first kappa shape index (κ1) is 18.6. The van der Waals surface area contributed by atoms with Gasteiger partial charge in [0.25, 0.3) is 0 Å². The van der Waals surface area contributed by atoms with E-state index in [0.29, 0.717) is 6.42 Å². The zero-order valence-electron chi connectivity index (χ0n) is 15.3. The van der Waals surface area contributed by atoms with E-state index in [1.165, 1.54) is 0 Å². The van der Waals surface area contributed by atoms with Crippen LogP contribution in [-0.2, 0) is 20.7 Å². The molecule has 3 rings (SSSR count). The van der Waals surface area contributed by atoms with Crippen molar-refractivity contribution in [2.75, 3.05) is 21.3 Å². The van der Waals surface area contributed by atoms with Gasteiger partial charge in [-0.3, -0.25) is 4.79 Å². The number of rotatable bonds is 7. The minimum absolute atomic E-state index is 0.0452. The lowest BCUT2D eigenvalue weighted by atomic mass is 9.76. The molecule has 3 atom stereocenters. The van der Waals surface area contributed by atoms with Crippen LogP contribution in [0.2, 0.25) is 0 Å². The molecular weight excluding hydrogens is 330 g/mol. The molecule has 2 aromatic rings. The van der Waals surface area contributed by atoms with E-state index in [0.717, 1.165) is 16.7 Å². The molecule has 1 aliphatic rings. The highest BCUT2D eigenvalue weighted by Gasteiger charge is 2.50. The van der Waals surface area contributed by atoms with Crippen molar-refractivity contribution in [3.63, 3.8) is 0 Å². The van der Waals surface area contributed by atoms with E-state index in [9.17, 15) is 9.90 Å². The summed E-state index contributed by atoms with van der Waals surface area (Å²) in [6.07, 6.45) is -0.769. The normalized spacial score (nSPS) is 21.0. The van der Waals surface area contributed by atoms with Crippen LogP contribution in [-0.4, -0.2) is 43.5 Å². The second-order valence-corrected chi connectivity index (χ2v) is 6.58. The average molecular weight is 355 g/mol. The van der Waals surface area contributed by atoms with Gasteiger partial charge in [0.2, 0.25) is 5.91 Å². The van der Waals surface area contributed by atoms with Crippen molar-refractivity contribution in [1.82, 2.24) is 4.90 Å². The smallest absolute Gasteiger partial charge is 0.231 e. The largest absolute Gasteiger partial charge is 0.387 e. The molecule has 0 spiro atoms. The summed E-state index contributed by atoms with van der Waals surface area (Å²) in [5.41, 5.74) is 2.70. The molecule has 0 bridgehead atoms. The molecule has 1 amide bonds. The first-order valence-corrected chi connectivity index (χ1v) is 8.71. The molecule has 5 heteroatoms. The number of hydrogen-bond acceptors (Lipinski definition) is 4. The number of aliphatic hydroxyl groups excluding tert-OH is 1. The molecule has 5 nitrogen and oxygen atoms in total.